The maximum Gasteiger partial charge on any atom is 0.501 e. The van der Waals surface area contributed by atoms with Gasteiger partial charge in [0.05, 0.1) is 32.9 Å². The van der Waals surface area contributed by atoms with E-state index in [1.165, 1.54) is 22.1 Å². The summed E-state index contributed by atoms with van der Waals surface area (Å²) in [6.45, 7) is 15.6. The zero-order chi connectivity index (χ0) is 33.8. The minimum Gasteiger partial charge on any atom is -0.374 e. The summed E-state index contributed by atoms with van der Waals surface area (Å²) in [5, 5.41) is 0.524. The quantitative estimate of drug-likeness (QED) is 0.0153. The van der Waals surface area contributed by atoms with Crippen molar-refractivity contribution in [3.63, 3.8) is 0 Å². The van der Waals surface area contributed by atoms with Gasteiger partial charge in [-0.3, -0.25) is 0 Å². The number of hydrogen-bond donors (Lipinski definition) is 0. The average molecular weight is 898 g/mol. The minimum absolute atomic E-state index is 0.262. The monoisotopic (exact) mass is 896 g/mol. The van der Waals surface area contributed by atoms with E-state index >= 15 is 0 Å². The van der Waals surface area contributed by atoms with Gasteiger partial charge in [0.25, 0.3) is 0 Å². The van der Waals surface area contributed by atoms with Crippen molar-refractivity contribution in [2.75, 3.05) is 64.7 Å². The van der Waals surface area contributed by atoms with Crippen molar-refractivity contribution in [3.8, 4) is 0 Å². The predicted molar refractivity (Wildman–Crippen MR) is 227 cm³/mol. The first kappa shape index (κ1) is 49.3. The highest BCUT2D eigenvalue weighted by Gasteiger charge is 2.42. The summed E-state index contributed by atoms with van der Waals surface area (Å²) < 4.78 is 46.9. The van der Waals surface area contributed by atoms with Gasteiger partial charge in [0, 0.05) is 71.4 Å². The van der Waals surface area contributed by atoms with E-state index in [1.54, 1.807) is 87.1 Å². The smallest absolute Gasteiger partial charge is 0.374 e. The van der Waals surface area contributed by atoms with E-state index in [4.69, 9.17) is 30.2 Å². The van der Waals surface area contributed by atoms with Crippen LogP contribution >= 0.6 is 131 Å². The number of nitrogens with zero attached hydrogens (tertiary/aromatic N) is 2. The Morgan fingerprint density at radius 1 is 0.467 bits per heavy atom. The van der Waals surface area contributed by atoms with Crippen molar-refractivity contribution in [1.29, 1.82) is 0 Å². The summed E-state index contributed by atoms with van der Waals surface area (Å²) in [6, 6.07) is 1.57. The molecule has 0 aromatic carbocycles. The molecule has 45 heavy (non-hydrogen) atoms. The largest absolute Gasteiger partial charge is 0.501 e. The molecule has 0 N–H and O–H groups in total. The maximum absolute atomic E-state index is 6.08. The van der Waals surface area contributed by atoms with Gasteiger partial charge in [0.1, 0.15) is 0 Å². The van der Waals surface area contributed by atoms with E-state index in [-0.39, 0.29) is 10.7 Å². The molecule has 0 heterocycles. The minimum atomic E-state index is -2.69. The Labute approximate surface area is 324 Å². The summed E-state index contributed by atoms with van der Waals surface area (Å²) in [4.78, 5) is 0. The van der Waals surface area contributed by atoms with Crippen LogP contribution in [0.2, 0.25) is 12.1 Å². The molecule has 272 valence electrons. The van der Waals surface area contributed by atoms with Gasteiger partial charge in [-0.2, -0.15) is 7.42 Å². The molecule has 0 aromatic rings. The first-order chi connectivity index (χ1) is 21.8. The van der Waals surface area contributed by atoms with Crippen molar-refractivity contribution in [1.82, 2.24) is 7.42 Å². The van der Waals surface area contributed by atoms with E-state index in [1.807, 2.05) is 63.1 Å². The Morgan fingerprint density at radius 2 is 0.756 bits per heavy atom. The number of rotatable bonds is 34. The zero-order valence-electron chi connectivity index (χ0n) is 27.9. The highest BCUT2D eigenvalue weighted by atomic mass is 33.7. The van der Waals surface area contributed by atoms with Crippen LogP contribution in [-0.2, 0) is 30.2 Å². The molecule has 23 heteroatoms. The molecular weight excluding hydrogens is 845 g/mol. The van der Waals surface area contributed by atoms with Crippen molar-refractivity contribution in [3.05, 3.63) is 0 Å². The lowest BCUT2D eigenvalue weighted by atomic mass is 10.5. The lowest BCUT2D eigenvalue weighted by Crippen LogP contribution is -2.46. The molecule has 0 rings (SSSR count). The molecule has 0 aromatic heterocycles. The molecule has 0 fully saturated rings. The second kappa shape index (κ2) is 32.9. The van der Waals surface area contributed by atoms with Gasteiger partial charge >= 0.3 is 17.6 Å². The normalized spacial score (nSPS) is 14.1. The van der Waals surface area contributed by atoms with E-state index in [0.29, 0.717) is 39.6 Å². The van der Waals surface area contributed by atoms with E-state index in [9.17, 15) is 0 Å². The summed E-state index contributed by atoms with van der Waals surface area (Å²) >= 11 is 9.73. The van der Waals surface area contributed by atoms with E-state index in [0.717, 1.165) is 24.9 Å². The standard InChI is InChI=1S/C22H52N2O7S12Si2/c1-11-25-44(26-12-2,27-13-3)19-17-21(23(32-7)33-8)36-40-42-38-31-39-43-41-37-22(24(34-9)35-10)18-20-45(28-14-4,29-15-5)30-16-6/h21-22H,11-20H2,1-10H3. The van der Waals surface area contributed by atoms with Gasteiger partial charge in [-0.25, -0.2) is 3.63 Å². The molecule has 0 aliphatic heterocycles. The third-order valence-corrected chi connectivity index (χ3v) is 28.2. The van der Waals surface area contributed by atoms with E-state index < -0.39 is 17.6 Å². The maximum atomic E-state index is 6.08. The lowest BCUT2D eigenvalue weighted by Gasteiger charge is -2.31. The second-order valence-corrected chi connectivity index (χ2v) is 28.2. The Morgan fingerprint density at radius 3 is 1.00 bits per heavy atom. The third kappa shape index (κ3) is 22.2. The Hall–Kier alpha value is 4.27. The van der Waals surface area contributed by atoms with Crippen LogP contribution < -0.4 is 0 Å². The molecule has 0 amide bonds. The topological polar surface area (TPSA) is 71.1 Å². The van der Waals surface area contributed by atoms with Crippen LogP contribution in [0.5, 0.6) is 0 Å². The number of hydrogen-bond acceptors (Lipinski definition) is 21. The second-order valence-electron chi connectivity index (χ2n) is 7.92. The molecule has 0 bridgehead atoms. The molecule has 0 radical (unpaired) electrons. The van der Waals surface area contributed by atoms with Crippen LogP contribution in [0, 0.1) is 0 Å². The van der Waals surface area contributed by atoms with Crippen molar-refractivity contribution < 1.29 is 30.2 Å². The molecule has 0 aliphatic carbocycles. The summed E-state index contributed by atoms with van der Waals surface area (Å²) in [6.07, 6.45) is 10.3. The first-order valence-electron chi connectivity index (χ1n) is 14.4. The van der Waals surface area contributed by atoms with Gasteiger partial charge in [-0.05, 0) is 99.1 Å². The lowest BCUT2D eigenvalue weighted by molar-refractivity contribution is 0.0697. The third-order valence-electron chi connectivity index (χ3n) is 5.24. The van der Waals surface area contributed by atoms with Crippen LogP contribution in [0.3, 0.4) is 0 Å². The van der Waals surface area contributed by atoms with Gasteiger partial charge in [0.15, 0.2) is 0 Å². The summed E-state index contributed by atoms with van der Waals surface area (Å²) in [7, 11) is 4.99. The summed E-state index contributed by atoms with van der Waals surface area (Å²) in [5.74, 6) is 0. The Kier molecular flexibility index (Phi) is 36.0. The van der Waals surface area contributed by atoms with Crippen molar-refractivity contribution in [2.24, 2.45) is 0 Å². The SMILES string of the molecule is CCO[Si](CCC(SSSSOSSSSC(CC[Si](OCC)(OCC)OCC)N(SC)SC)N(SC)SC)(OCC)OCC. The molecule has 0 aliphatic rings. The van der Waals surface area contributed by atoms with Crippen molar-refractivity contribution in [2.45, 2.75) is 77.2 Å². The molecule has 9 nitrogen and oxygen atoms in total. The van der Waals surface area contributed by atoms with Crippen molar-refractivity contribution >= 4 is 148 Å². The fraction of sp³-hybridized carbons (Fsp3) is 1.00. The van der Waals surface area contributed by atoms with Crippen LogP contribution in [0.25, 0.3) is 0 Å². The van der Waals surface area contributed by atoms with Gasteiger partial charge < -0.3 is 26.6 Å². The zero-order valence-corrected chi connectivity index (χ0v) is 39.7. The Bertz CT molecular complexity index is 591. The molecule has 0 spiro atoms. The predicted octanol–water partition coefficient (Wildman–Crippen LogP) is 11.4. The highest BCUT2D eigenvalue weighted by molar-refractivity contribution is 9.28. The van der Waals surface area contributed by atoms with Crippen LogP contribution in [0.4, 0.5) is 0 Å². The van der Waals surface area contributed by atoms with Gasteiger partial charge in [0.2, 0.25) is 0 Å². The molecule has 2 atom stereocenters. The van der Waals surface area contributed by atoms with Gasteiger partial charge in [-0.1, -0.05) is 69.4 Å². The van der Waals surface area contributed by atoms with E-state index in [2.05, 4.69) is 32.4 Å². The molecule has 0 saturated carbocycles. The average Bonchev–Trinajstić information content (AvgIpc) is 3.02. The molecule has 0 saturated heterocycles. The first-order valence-corrected chi connectivity index (χ1v) is 32.6. The summed E-state index contributed by atoms with van der Waals surface area (Å²) in [5.41, 5.74) is 0. The van der Waals surface area contributed by atoms with Gasteiger partial charge in [-0.15, -0.1) is 0 Å². The molecule has 2 unspecified atom stereocenters. The fourth-order valence-electron chi connectivity index (χ4n) is 3.78. The molecular formula is C22H52N2O7S12Si2. The van der Waals surface area contributed by atoms with Crippen LogP contribution in [0.1, 0.15) is 54.4 Å². The Balaban J connectivity index is 4.75. The van der Waals surface area contributed by atoms with Crippen LogP contribution in [-0.4, -0.2) is 100 Å². The van der Waals surface area contributed by atoms with Crippen LogP contribution in [0.15, 0.2) is 0 Å². The fourth-order valence-corrected chi connectivity index (χ4v) is 25.3. The highest BCUT2D eigenvalue weighted by Crippen LogP contribution is 2.54.